The summed E-state index contributed by atoms with van der Waals surface area (Å²) < 4.78 is 34.1. The molecule has 1 N–H and O–H groups in total. The van der Waals surface area contributed by atoms with E-state index in [4.69, 9.17) is 4.74 Å². The predicted octanol–water partition coefficient (Wildman–Crippen LogP) is 4.28. The van der Waals surface area contributed by atoms with Gasteiger partial charge in [0.05, 0.1) is 6.61 Å². The van der Waals surface area contributed by atoms with E-state index in [-0.39, 0.29) is 11.8 Å². The van der Waals surface area contributed by atoms with E-state index in [1.807, 2.05) is 25.1 Å². The fourth-order valence-electron chi connectivity index (χ4n) is 2.89. The lowest BCUT2D eigenvalue weighted by atomic mass is 10.00. The van der Waals surface area contributed by atoms with Crippen molar-refractivity contribution in [1.29, 1.82) is 0 Å². The third kappa shape index (κ3) is 4.41. The number of hydrogen-bond donors (Lipinski definition) is 1. The molecule has 2 aromatic rings. The number of fused-ring (bicyclic) bond motifs is 1. The highest BCUT2D eigenvalue weighted by Gasteiger charge is 2.21. The van der Waals surface area contributed by atoms with E-state index in [2.05, 4.69) is 10.1 Å². The van der Waals surface area contributed by atoms with E-state index < -0.39 is 6.61 Å². The van der Waals surface area contributed by atoms with Crippen molar-refractivity contribution < 1.29 is 23.0 Å². The number of carbonyl (C=O) groups excluding carboxylic acids is 1. The summed E-state index contributed by atoms with van der Waals surface area (Å²) in [5.41, 5.74) is 2.80. The van der Waals surface area contributed by atoms with E-state index in [9.17, 15) is 13.6 Å². The number of halogens is 2. The number of anilines is 1. The highest BCUT2D eigenvalue weighted by molar-refractivity contribution is 5.89. The number of hydrogen-bond acceptors (Lipinski definition) is 3. The lowest BCUT2D eigenvalue weighted by Gasteiger charge is -2.29. The normalized spacial score (nSPS) is 13.3. The van der Waals surface area contributed by atoms with Crippen LogP contribution in [0.25, 0.3) is 0 Å². The van der Waals surface area contributed by atoms with Crippen molar-refractivity contribution >= 4 is 11.7 Å². The minimum Gasteiger partial charge on any atom is -0.494 e. The van der Waals surface area contributed by atoms with Crippen molar-refractivity contribution in [2.24, 2.45) is 0 Å². The Morgan fingerprint density at radius 2 is 1.88 bits per heavy atom. The molecular formula is C19H20F2N2O3. The van der Waals surface area contributed by atoms with Crippen LogP contribution in [0.2, 0.25) is 0 Å². The quantitative estimate of drug-likeness (QED) is 0.864. The van der Waals surface area contributed by atoms with Gasteiger partial charge in [-0.25, -0.2) is 4.79 Å². The molecule has 0 fully saturated rings. The smallest absolute Gasteiger partial charge is 0.387 e. The van der Waals surface area contributed by atoms with Crippen LogP contribution >= 0.6 is 0 Å². The summed E-state index contributed by atoms with van der Waals surface area (Å²) in [5, 5.41) is 2.78. The number of urea groups is 1. The van der Waals surface area contributed by atoms with Gasteiger partial charge in [-0.3, -0.25) is 0 Å². The molecule has 2 amide bonds. The molecule has 1 heterocycles. The van der Waals surface area contributed by atoms with Crippen LogP contribution in [-0.4, -0.2) is 30.7 Å². The molecule has 3 rings (SSSR count). The Balaban J connectivity index is 1.63. The molecule has 1 aliphatic rings. The first-order chi connectivity index (χ1) is 12.5. The maximum absolute atomic E-state index is 12.5. The molecular weight excluding hydrogens is 342 g/mol. The molecule has 2 aromatic carbocycles. The monoisotopic (exact) mass is 362 g/mol. The van der Waals surface area contributed by atoms with Crippen LogP contribution < -0.4 is 14.8 Å². The van der Waals surface area contributed by atoms with Gasteiger partial charge in [0.2, 0.25) is 0 Å². The van der Waals surface area contributed by atoms with Gasteiger partial charge in [0.25, 0.3) is 0 Å². The van der Waals surface area contributed by atoms with Crippen LogP contribution in [0.1, 0.15) is 18.1 Å². The van der Waals surface area contributed by atoms with Crippen molar-refractivity contribution in [2.45, 2.75) is 26.5 Å². The Morgan fingerprint density at radius 3 is 2.58 bits per heavy atom. The molecule has 0 spiro atoms. The lowest BCUT2D eigenvalue weighted by Crippen LogP contribution is -2.38. The number of benzene rings is 2. The second-order valence-electron chi connectivity index (χ2n) is 5.87. The van der Waals surface area contributed by atoms with Gasteiger partial charge >= 0.3 is 12.6 Å². The summed E-state index contributed by atoms with van der Waals surface area (Å²) in [5.74, 6) is 0.844. The average molecular weight is 362 g/mol. The average Bonchev–Trinajstić information content (AvgIpc) is 2.62. The van der Waals surface area contributed by atoms with Gasteiger partial charge < -0.3 is 19.7 Å². The second kappa shape index (κ2) is 8.03. The number of carbonyl (C=O) groups is 1. The zero-order valence-electron chi connectivity index (χ0n) is 14.4. The van der Waals surface area contributed by atoms with E-state index >= 15 is 0 Å². The van der Waals surface area contributed by atoms with Gasteiger partial charge in [-0.1, -0.05) is 6.07 Å². The molecule has 0 unspecified atom stereocenters. The fourth-order valence-corrected chi connectivity index (χ4v) is 2.89. The Kier molecular flexibility index (Phi) is 5.55. The highest BCUT2D eigenvalue weighted by atomic mass is 19.3. The maximum Gasteiger partial charge on any atom is 0.387 e. The Labute approximate surface area is 150 Å². The van der Waals surface area contributed by atoms with Crippen molar-refractivity contribution in [3.05, 3.63) is 53.6 Å². The minimum absolute atomic E-state index is 0.0494. The van der Waals surface area contributed by atoms with E-state index in [1.54, 1.807) is 4.90 Å². The molecule has 0 aliphatic carbocycles. The van der Waals surface area contributed by atoms with Gasteiger partial charge in [-0.2, -0.15) is 8.78 Å². The van der Waals surface area contributed by atoms with Gasteiger partial charge in [-0.05, 0) is 60.9 Å². The third-order valence-electron chi connectivity index (χ3n) is 4.12. The molecule has 7 heteroatoms. The first kappa shape index (κ1) is 18.0. The summed E-state index contributed by atoms with van der Waals surface area (Å²) in [6.07, 6.45) is 0.774. The first-order valence-electron chi connectivity index (χ1n) is 8.40. The Morgan fingerprint density at radius 1 is 1.15 bits per heavy atom. The van der Waals surface area contributed by atoms with Gasteiger partial charge in [0, 0.05) is 18.8 Å². The van der Waals surface area contributed by atoms with E-state index in [0.717, 1.165) is 17.7 Å². The Bertz CT molecular complexity index is 766. The molecule has 0 aromatic heterocycles. The summed E-state index contributed by atoms with van der Waals surface area (Å²) in [4.78, 5) is 14.2. The van der Waals surface area contributed by atoms with Crippen LogP contribution in [0.15, 0.2) is 42.5 Å². The summed E-state index contributed by atoms with van der Waals surface area (Å²) in [6.45, 7) is 0.754. The van der Waals surface area contributed by atoms with Crippen LogP contribution in [0, 0.1) is 0 Å². The molecule has 5 nitrogen and oxygen atoms in total. The number of amides is 2. The number of ether oxygens (including phenoxy) is 2. The van der Waals surface area contributed by atoms with Crippen molar-refractivity contribution in [2.75, 3.05) is 18.5 Å². The highest BCUT2D eigenvalue weighted by Crippen LogP contribution is 2.25. The van der Waals surface area contributed by atoms with Crippen molar-refractivity contribution in [1.82, 2.24) is 4.90 Å². The largest absolute Gasteiger partial charge is 0.494 e. The molecule has 0 saturated carbocycles. The summed E-state index contributed by atoms with van der Waals surface area (Å²) >= 11 is 0. The number of alkyl halides is 2. The number of nitrogens with zero attached hydrogens (tertiary/aromatic N) is 1. The number of rotatable bonds is 5. The molecule has 26 heavy (non-hydrogen) atoms. The molecule has 1 aliphatic heterocycles. The standard InChI is InChI=1S/C19H20F2N2O3/c1-2-25-17-6-3-13-9-10-23(12-14(13)11-17)19(24)22-15-4-7-16(8-5-15)26-18(20)21/h3-8,11,18H,2,9-10,12H2,1H3,(H,22,24). The van der Waals surface area contributed by atoms with Gasteiger partial charge in [0.1, 0.15) is 11.5 Å². The van der Waals surface area contributed by atoms with E-state index in [0.29, 0.717) is 25.4 Å². The molecule has 0 radical (unpaired) electrons. The van der Waals surface area contributed by atoms with Crippen molar-refractivity contribution in [3.8, 4) is 11.5 Å². The van der Waals surface area contributed by atoms with Gasteiger partial charge in [-0.15, -0.1) is 0 Å². The minimum atomic E-state index is -2.87. The van der Waals surface area contributed by atoms with Crippen LogP contribution in [0.3, 0.4) is 0 Å². The predicted molar refractivity (Wildman–Crippen MR) is 93.8 cm³/mol. The fraction of sp³-hybridized carbons (Fsp3) is 0.316. The van der Waals surface area contributed by atoms with Crippen molar-refractivity contribution in [3.63, 3.8) is 0 Å². The third-order valence-corrected chi connectivity index (χ3v) is 4.12. The lowest BCUT2D eigenvalue weighted by molar-refractivity contribution is -0.0498. The maximum atomic E-state index is 12.5. The summed E-state index contributed by atoms with van der Waals surface area (Å²) in [6, 6.07) is 11.6. The SMILES string of the molecule is CCOc1ccc2c(c1)CN(C(=O)Nc1ccc(OC(F)F)cc1)CC2. The summed E-state index contributed by atoms with van der Waals surface area (Å²) in [7, 11) is 0. The van der Waals surface area contributed by atoms with Crippen LogP contribution in [0.4, 0.5) is 19.3 Å². The topological polar surface area (TPSA) is 50.8 Å². The first-order valence-corrected chi connectivity index (χ1v) is 8.40. The Hall–Kier alpha value is -2.83. The molecule has 138 valence electrons. The van der Waals surface area contributed by atoms with Crippen LogP contribution in [0.5, 0.6) is 11.5 Å². The van der Waals surface area contributed by atoms with Crippen LogP contribution in [-0.2, 0) is 13.0 Å². The molecule has 0 saturated heterocycles. The molecule has 0 bridgehead atoms. The van der Waals surface area contributed by atoms with E-state index in [1.165, 1.54) is 29.8 Å². The molecule has 0 atom stereocenters. The number of nitrogens with one attached hydrogen (secondary N) is 1. The zero-order chi connectivity index (χ0) is 18.5. The van der Waals surface area contributed by atoms with Gasteiger partial charge in [0.15, 0.2) is 0 Å². The second-order valence-corrected chi connectivity index (χ2v) is 5.87. The zero-order valence-corrected chi connectivity index (χ0v) is 14.4.